The number of nitrogens with zero attached hydrogens (tertiary/aromatic N) is 1. The summed E-state index contributed by atoms with van der Waals surface area (Å²) in [6, 6.07) is 11.2. The van der Waals surface area contributed by atoms with Crippen LogP contribution in [0, 0.1) is 11.7 Å². The number of benzene rings is 2. The zero-order chi connectivity index (χ0) is 21.6. The smallest absolute Gasteiger partial charge is 0.245 e. The van der Waals surface area contributed by atoms with Crippen LogP contribution in [0.2, 0.25) is 0 Å². The Morgan fingerprint density at radius 2 is 1.76 bits per heavy atom. The zero-order valence-electron chi connectivity index (χ0n) is 16.8. The van der Waals surface area contributed by atoms with Crippen LogP contribution in [0.15, 0.2) is 55.1 Å². The second-order valence-electron chi connectivity index (χ2n) is 7.46. The molecular weight excluding hydrogens is 369 g/mol. The Kier molecular flexibility index (Phi) is 7.67. The number of halogens is 1. The Balaban J connectivity index is 2.44. The van der Waals surface area contributed by atoms with E-state index in [-0.39, 0.29) is 18.2 Å². The van der Waals surface area contributed by atoms with E-state index in [0.717, 1.165) is 5.56 Å². The molecule has 0 spiro atoms. The minimum atomic E-state index is -0.924. The molecule has 0 radical (unpaired) electrons. The van der Waals surface area contributed by atoms with Crippen molar-refractivity contribution in [1.29, 1.82) is 0 Å². The van der Waals surface area contributed by atoms with Crippen molar-refractivity contribution in [2.24, 2.45) is 17.4 Å². The average molecular weight is 397 g/mol. The van der Waals surface area contributed by atoms with Gasteiger partial charge in [-0.1, -0.05) is 56.8 Å². The number of carbonyl (C=O) groups excluding carboxylic acids is 2. The van der Waals surface area contributed by atoms with Gasteiger partial charge < -0.3 is 11.5 Å². The molecule has 5 nitrogen and oxygen atoms in total. The van der Waals surface area contributed by atoms with Crippen molar-refractivity contribution in [3.05, 3.63) is 72.1 Å². The van der Waals surface area contributed by atoms with Crippen molar-refractivity contribution in [3.63, 3.8) is 0 Å². The van der Waals surface area contributed by atoms with E-state index >= 15 is 0 Å². The molecule has 2 aromatic carbocycles. The summed E-state index contributed by atoms with van der Waals surface area (Å²) in [4.78, 5) is 27.1. The quantitative estimate of drug-likeness (QED) is 0.680. The van der Waals surface area contributed by atoms with Crippen molar-refractivity contribution < 1.29 is 14.0 Å². The molecule has 2 atom stereocenters. The van der Waals surface area contributed by atoms with E-state index in [1.165, 1.54) is 17.0 Å². The van der Waals surface area contributed by atoms with Crippen LogP contribution in [0.1, 0.15) is 31.4 Å². The van der Waals surface area contributed by atoms with E-state index in [9.17, 15) is 14.0 Å². The Morgan fingerprint density at radius 3 is 2.31 bits per heavy atom. The number of hydrogen-bond donors (Lipinski definition) is 2. The SMILES string of the molecule is C=Cc1ccccc1N(C(=O)C(N)Cc1ccc(F)cc1)C(CC(C)C)C(N)=O. The van der Waals surface area contributed by atoms with E-state index in [4.69, 9.17) is 11.5 Å². The molecule has 2 unspecified atom stereocenters. The van der Waals surface area contributed by atoms with Crippen LogP contribution in [0.3, 0.4) is 0 Å². The molecule has 4 N–H and O–H groups in total. The monoisotopic (exact) mass is 397 g/mol. The van der Waals surface area contributed by atoms with Gasteiger partial charge in [0.05, 0.1) is 11.7 Å². The fraction of sp³-hybridized carbons (Fsp3) is 0.304. The summed E-state index contributed by atoms with van der Waals surface area (Å²) in [6.45, 7) is 7.71. The zero-order valence-corrected chi connectivity index (χ0v) is 16.8. The minimum absolute atomic E-state index is 0.131. The molecule has 2 rings (SSSR count). The highest BCUT2D eigenvalue weighted by Crippen LogP contribution is 2.27. The number of primary amides is 1. The molecule has 0 bridgehead atoms. The molecule has 0 aliphatic rings. The predicted molar refractivity (Wildman–Crippen MR) is 115 cm³/mol. The lowest BCUT2D eigenvalue weighted by atomic mass is 9.97. The summed E-state index contributed by atoms with van der Waals surface area (Å²) in [5, 5.41) is 0. The second kappa shape index (κ2) is 9.98. The van der Waals surface area contributed by atoms with Crippen LogP contribution in [0.25, 0.3) is 6.08 Å². The van der Waals surface area contributed by atoms with Gasteiger partial charge in [0.15, 0.2) is 0 Å². The first-order chi connectivity index (χ1) is 13.7. The van der Waals surface area contributed by atoms with Gasteiger partial charge in [-0.25, -0.2) is 4.39 Å². The summed E-state index contributed by atoms with van der Waals surface area (Å²) >= 11 is 0. The highest BCUT2D eigenvalue weighted by molar-refractivity contribution is 6.04. The fourth-order valence-corrected chi connectivity index (χ4v) is 3.26. The van der Waals surface area contributed by atoms with Gasteiger partial charge in [0.25, 0.3) is 0 Å². The van der Waals surface area contributed by atoms with Crippen LogP contribution in [-0.4, -0.2) is 23.9 Å². The maximum atomic E-state index is 13.4. The summed E-state index contributed by atoms with van der Waals surface area (Å²) in [6.07, 6.45) is 2.23. The fourth-order valence-electron chi connectivity index (χ4n) is 3.26. The van der Waals surface area contributed by atoms with E-state index in [1.54, 1.807) is 30.3 Å². The first kappa shape index (κ1) is 22.3. The van der Waals surface area contributed by atoms with Crippen molar-refractivity contribution in [2.75, 3.05) is 4.90 Å². The van der Waals surface area contributed by atoms with Gasteiger partial charge >= 0.3 is 0 Å². The molecule has 6 heteroatoms. The molecule has 154 valence electrons. The first-order valence-electron chi connectivity index (χ1n) is 9.58. The number of para-hydroxylation sites is 1. The normalized spacial score (nSPS) is 13.0. The van der Waals surface area contributed by atoms with E-state index in [1.807, 2.05) is 26.0 Å². The molecule has 0 saturated carbocycles. The largest absolute Gasteiger partial charge is 0.368 e. The summed E-state index contributed by atoms with van der Waals surface area (Å²) in [7, 11) is 0. The van der Waals surface area contributed by atoms with Gasteiger partial charge in [-0.15, -0.1) is 0 Å². The molecule has 0 saturated heterocycles. The Hall–Kier alpha value is -2.99. The maximum absolute atomic E-state index is 13.4. The highest BCUT2D eigenvalue weighted by atomic mass is 19.1. The van der Waals surface area contributed by atoms with Crippen molar-refractivity contribution in [1.82, 2.24) is 0 Å². The Morgan fingerprint density at radius 1 is 1.14 bits per heavy atom. The van der Waals surface area contributed by atoms with Gasteiger partial charge in [0.2, 0.25) is 11.8 Å². The number of rotatable bonds is 9. The minimum Gasteiger partial charge on any atom is -0.368 e. The number of amides is 2. The molecule has 2 aromatic rings. The third kappa shape index (κ3) is 5.74. The Labute approximate surface area is 171 Å². The van der Waals surface area contributed by atoms with Crippen molar-refractivity contribution >= 4 is 23.6 Å². The van der Waals surface area contributed by atoms with Crippen LogP contribution >= 0.6 is 0 Å². The van der Waals surface area contributed by atoms with E-state index < -0.39 is 23.9 Å². The van der Waals surface area contributed by atoms with Crippen molar-refractivity contribution in [2.45, 2.75) is 38.8 Å². The van der Waals surface area contributed by atoms with Crippen LogP contribution < -0.4 is 16.4 Å². The number of anilines is 1. The molecule has 0 fully saturated rings. The molecule has 29 heavy (non-hydrogen) atoms. The molecule has 0 aliphatic heterocycles. The highest BCUT2D eigenvalue weighted by Gasteiger charge is 2.34. The number of nitrogens with two attached hydrogens (primary N) is 2. The lowest BCUT2D eigenvalue weighted by Gasteiger charge is -2.34. The number of hydrogen-bond acceptors (Lipinski definition) is 3. The van der Waals surface area contributed by atoms with Crippen LogP contribution in [0.4, 0.5) is 10.1 Å². The molecule has 0 heterocycles. The lowest BCUT2D eigenvalue weighted by Crippen LogP contribution is -2.54. The van der Waals surface area contributed by atoms with E-state index in [2.05, 4.69) is 6.58 Å². The van der Waals surface area contributed by atoms with Gasteiger partial charge in [-0.2, -0.15) is 0 Å². The van der Waals surface area contributed by atoms with E-state index in [0.29, 0.717) is 17.7 Å². The summed E-state index contributed by atoms with van der Waals surface area (Å²) < 4.78 is 13.2. The lowest BCUT2D eigenvalue weighted by molar-refractivity contribution is -0.125. The third-order valence-corrected chi connectivity index (χ3v) is 4.67. The van der Waals surface area contributed by atoms with Gasteiger partial charge in [-0.05, 0) is 48.1 Å². The summed E-state index contributed by atoms with van der Waals surface area (Å²) in [5.41, 5.74) is 13.9. The molecule has 0 aliphatic carbocycles. The standard InChI is InChI=1S/C23H28FN3O2/c1-4-17-7-5-6-8-20(17)27(21(22(26)28)13-15(2)3)23(29)19(25)14-16-9-11-18(24)12-10-16/h4-12,15,19,21H,1,13-14,25H2,2-3H3,(H2,26,28). The molecule has 2 amide bonds. The molecular formula is C23H28FN3O2. The molecule has 0 aromatic heterocycles. The van der Waals surface area contributed by atoms with Crippen LogP contribution in [0.5, 0.6) is 0 Å². The predicted octanol–water partition coefficient (Wildman–Crippen LogP) is 3.27. The Bertz CT molecular complexity index is 865. The first-order valence-corrected chi connectivity index (χ1v) is 9.58. The van der Waals surface area contributed by atoms with Gasteiger partial charge in [0.1, 0.15) is 11.9 Å². The average Bonchev–Trinajstić information content (AvgIpc) is 2.69. The van der Waals surface area contributed by atoms with Gasteiger partial charge in [0, 0.05) is 0 Å². The van der Waals surface area contributed by atoms with Crippen molar-refractivity contribution in [3.8, 4) is 0 Å². The topological polar surface area (TPSA) is 89.4 Å². The van der Waals surface area contributed by atoms with Crippen LogP contribution in [-0.2, 0) is 16.0 Å². The van der Waals surface area contributed by atoms with Gasteiger partial charge in [-0.3, -0.25) is 14.5 Å². The summed E-state index contributed by atoms with van der Waals surface area (Å²) in [5.74, 6) is -1.25. The maximum Gasteiger partial charge on any atom is 0.245 e. The second-order valence-corrected chi connectivity index (χ2v) is 7.46. The number of carbonyl (C=O) groups is 2. The third-order valence-electron chi connectivity index (χ3n) is 4.67.